The first-order valence-electron chi connectivity index (χ1n) is 3.91. The molecule has 0 amide bonds. The van der Waals surface area contributed by atoms with Crippen LogP contribution >= 0.6 is 0 Å². The van der Waals surface area contributed by atoms with Crippen molar-refractivity contribution in [2.45, 2.75) is 13.3 Å². The molecule has 0 aliphatic heterocycles. The van der Waals surface area contributed by atoms with Gasteiger partial charge in [0.1, 0.15) is 5.82 Å². The van der Waals surface area contributed by atoms with Gasteiger partial charge in [-0.15, -0.1) is 0 Å². The van der Waals surface area contributed by atoms with Crippen LogP contribution < -0.4 is 0 Å². The third-order valence-electron chi connectivity index (χ3n) is 1.95. The molecular weight excluding hydrogens is 155 g/mol. The standard InChI is InChI=1S/C9H9FN2/c1-2-7-3-8(10)5-12-6-11-4-9(7)12/h3-6H,2H2,1H3. The van der Waals surface area contributed by atoms with Crippen molar-refractivity contribution in [3.63, 3.8) is 0 Å². The number of imidazole rings is 1. The van der Waals surface area contributed by atoms with Gasteiger partial charge in [0.05, 0.1) is 18.0 Å². The number of nitrogens with zero attached hydrogens (tertiary/aromatic N) is 2. The number of aromatic nitrogens is 2. The molecule has 2 rings (SSSR count). The van der Waals surface area contributed by atoms with Gasteiger partial charge in [0, 0.05) is 6.20 Å². The van der Waals surface area contributed by atoms with Gasteiger partial charge in [0.2, 0.25) is 0 Å². The van der Waals surface area contributed by atoms with Gasteiger partial charge < -0.3 is 4.40 Å². The molecule has 0 aromatic carbocycles. The summed E-state index contributed by atoms with van der Waals surface area (Å²) in [6, 6.07) is 1.55. The maximum absolute atomic E-state index is 12.9. The number of hydrogen-bond acceptors (Lipinski definition) is 1. The zero-order valence-corrected chi connectivity index (χ0v) is 6.79. The molecule has 0 saturated heterocycles. The van der Waals surface area contributed by atoms with E-state index < -0.39 is 0 Å². The summed E-state index contributed by atoms with van der Waals surface area (Å²) in [5.74, 6) is -0.211. The molecule has 0 aliphatic carbocycles. The highest BCUT2D eigenvalue weighted by molar-refractivity contribution is 5.53. The van der Waals surface area contributed by atoms with Gasteiger partial charge >= 0.3 is 0 Å². The van der Waals surface area contributed by atoms with Gasteiger partial charge in [0.15, 0.2) is 0 Å². The van der Waals surface area contributed by atoms with Crippen molar-refractivity contribution in [2.75, 3.05) is 0 Å². The second-order valence-corrected chi connectivity index (χ2v) is 2.72. The summed E-state index contributed by atoms with van der Waals surface area (Å²) in [6.07, 6.45) is 5.62. The highest BCUT2D eigenvalue weighted by atomic mass is 19.1. The van der Waals surface area contributed by atoms with Crippen LogP contribution in [0.3, 0.4) is 0 Å². The van der Waals surface area contributed by atoms with E-state index in [1.807, 2.05) is 6.92 Å². The molecule has 0 atom stereocenters. The molecule has 0 radical (unpaired) electrons. The van der Waals surface area contributed by atoms with Crippen LogP contribution in [0.4, 0.5) is 4.39 Å². The predicted octanol–water partition coefficient (Wildman–Crippen LogP) is 2.04. The maximum atomic E-state index is 12.9. The Morgan fingerprint density at radius 3 is 3.17 bits per heavy atom. The zero-order chi connectivity index (χ0) is 8.55. The number of hydrogen-bond donors (Lipinski definition) is 0. The van der Waals surface area contributed by atoms with Crippen LogP contribution in [0.5, 0.6) is 0 Å². The summed E-state index contributed by atoms with van der Waals surface area (Å²) >= 11 is 0. The Bertz CT molecular complexity index is 406. The molecule has 0 unspecified atom stereocenters. The Kier molecular flexibility index (Phi) is 1.57. The topological polar surface area (TPSA) is 17.3 Å². The largest absolute Gasteiger partial charge is 0.303 e. The third kappa shape index (κ3) is 0.978. The number of fused-ring (bicyclic) bond motifs is 1. The average Bonchev–Trinajstić information content (AvgIpc) is 2.50. The molecule has 0 saturated carbocycles. The molecular formula is C9H9FN2. The fraction of sp³-hybridized carbons (Fsp3) is 0.222. The van der Waals surface area contributed by atoms with Crippen molar-refractivity contribution in [3.05, 3.63) is 36.2 Å². The van der Waals surface area contributed by atoms with Crippen LogP contribution in [-0.4, -0.2) is 9.38 Å². The first kappa shape index (κ1) is 7.28. The van der Waals surface area contributed by atoms with Crippen molar-refractivity contribution in [1.29, 1.82) is 0 Å². The van der Waals surface area contributed by atoms with Crippen molar-refractivity contribution in [3.8, 4) is 0 Å². The number of aryl methyl sites for hydroxylation is 1. The van der Waals surface area contributed by atoms with E-state index in [-0.39, 0.29) is 5.82 Å². The summed E-state index contributed by atoms with van der Waals surface area (Å²) in [4.78, 5) is 3.95. The Hall–Kier alpha value is -1.38. The van der Waals surface area contributed by atoms with Crippen LogP contribution in [0.15, 0.2) is 24.8 Å². The van der Waals surface area contributed by atoms with Crippen LogP contribution in [0.25, 0.3) is 5.52 Å². The summed E-state index contributed by atoms with van der Waals surface area (Å²) in [7, 11) is 0. The van der Waals surface area contributed by atoms with E-state index in [0.717, 1.165) is 17.5 Å². The van der Waals surface area contributed by atoms with Gasteiger partial charge in [-0.25, -0.2) is 9.37 Å². The lowest BCUT2D eigenvalue weighted by Crippen LogP contribution is -1.91. The van der Waals surface area contributed by atoms with E-state index in [0.29, 0.717) is 0 Å². The summed E-state index contributed by atoms with van der Waals surface area (Å²) in [5.41, 5.74) is 1.98. The molecule has 12 heavy (non-hydrogen) atoms. The van der Waals surface area contributed by atoms with Crippen molar-refractivity contribution in [2.24, 2.45) is 0 Å². The van der Waals surface area contributed by atoms with E-state index in [4.69, 9.17) is 0 Å². The second kappa shape index (κ2) is 2.59. The molecule has 2 heterocycles. The first-order chi connectivity index (χ1) is 5.81. The molecule has 2 aromatic rings. The zero-order valence-electron chi connectivity index (χ0n) is 6.79. The lowest BCUT2D eigenvalue weighted by atomic mass is 10.2. The average molecular weight is 164 g/mol. The van der Waals surface area contributed by atoms with Crippen molar-refractivity contribution in [1.82, 2.24) is 9.38 Å². The fourth-order valence-corrected chi connectivity index (χ4v) is 1.35. The van der Waals surface area contributed by atoms with Gasteiger partial charge in [-0.3, -0.25) is 0 Å². The molecule has 0 N–H and O–H groups in total. The normalized spacial score (nSPS) is 10.8. The number of pyridine rings is 1. The Balaban J connectivity index is 2.80. The smallest absolute Gasteiger partial charge is 0.140 e. The van der Waals surface area contributed by atoms with E-state index in [1.54, 1.807) is 23.0 Å². The van der Waals surface area contributed by atoms with Gasteiger partial charge in [-0.2, -0.15) is 0 Å². The predicted molar refractivity (Wildman–Crippen MR) is 44.5 cm³/mol. The second-order valence-electron chi connectivity index (χ2n) is 2.72. The van der Waals surface area contributed by atoms with E-state index in [1.165, 1.54) is 6.20 Å². The quantitative estimate of drug-likeness (QED) is 0.630. The molecule has 62 valence electrons. The molecule has 0 bridgehead atoms. The monoisotopic (exact) mass is 164 g/mol. The number of rotatable bonds is 1. The summed E-state index contributed by atoms with van der Waals surface area (Å²) in [5, 5.41) is 0. The molecule has 2 nitrogen and oxygen atoms in total. The van der Waals surface area contributed by atoms with Gasteiger partial charge in [-0.05, 0) is 18.1 Å². The SMILES string of the molecule is CCc1cc(F)cn2cncc12. The Morgan fingerprint density at radius 2 is 2.42 bits per heavy atom. The van der Waals surface area contributed by atoms with Gasteiger partial charge in [-0.1, -0.05) is 6.92 Å². The Labute approximate surface area is 69.7 Å². The Morgan fingerprint density at radius 1 is 1.58 bits per heavy atom. The maximum Gasteiger partial charge on any atom is 0.140 e. The van der Waals surface area contributed by atoms with E-state index in [2.05, 4.69) is 4.98 Å². The minimum absolute atomic E-state index is 0.211. The lowest BCUT2D eigenvalue weighted by Gasteiger charge is -2.00. The molecule has 0 aliphatic rings. The van der Waals surface area contributed by atoms with E-state index >= 15 is 0 Å². The van der Waals surface area contributed by atoms with E-state index in [9.17, 15) is 4.39 Å². The van der Waals surface area contributed by atoms with Crippen LogP contribution in [0.2, 0.25) is 0 Å². The fourth-order valence-electron chi connectivity index (χ4n) is 1.35. The van der Waals surface area contributed by atoms with Crippen LogP contribution in [0, 0.1) is 5.82 Å². The highest BCUT2D eigenvalue weighted by Gasteiger charge is 2.01. The highest BCUT2D eigenvalue weighted by Crippen LogP contribution is 2.12. The minimum Gasteiger partial charge on any atom is -0.303 e. The van der Waals surface area contributed by atoms with Crippen molar-refractivity contribution < 1.29 is 4.39 Å². The minimum atomic E-state index is -0.211. The summed E-state index contributed by atoms with van der Waals surface area (Å²) in [6.45, 7) is 2.00. The van der Waals surface area contributed by atoms with Crippen molar-refractivity contribution >= 4 is 5.52 Å². The number of halogens is 1. The molecule has 2 aromatic heterocycles. The van der Waals surface area contributed by atoms with Crippen LogP contribution in [0.1, 0.15) is 12.5 Å². The van der Waals surface area contributed by atoms with Crippen LogP contribution in [-0.2, 0) is 6.42 Å². The molecule has 0 fully saturated rings. The summed E-state index contributed by atoms with van der Waals surface area (Å²) < 4.78 is 14.6. The third-order valence-corrected chi connectivity index (χ3v) is 1.95. The molecule has 0 spiro atoms. The molecule has 3 heteroatoms. The van der Waals surface area contributed by atoms with Gasteiger partial charge in [0.25, 0.3) is 0 Å². The lowest BCUT2D eigenvalue weighted by molar-refractivity contribution is 0.617. The first-order valence-corrected chi connectivity index (χ1v) is 3.91.